The molecule has 0 spiro atoms. The van der Waals surface area contributed by atoms with E-state index in [0.717, 1.165) is 0 Å². The van der Waals surface area contributed by atoms with Crippen molar-refractivity contribution < 1.29 is 14.6 Å². The van der Waals surface area contributed by atoms with E-state index in [4.69, 9.17) is 0 Å². The largest absolute Gasteiger partial charge is 0.295 e. The highest BCUT2D eigenvalue weighted by molar-refractivity contribution is 6.09. The van der Waals surface area contributed by atoms with Gasteiger partial charge in [-0.05, 0) is 29.2 Å². The zero-order chi connectivity index (χ0) is 18.1. The Balaban J connectivity index is 2.11. The Hall–Kier alpha value is -3.35. The van der Waals surface area contributed by atoms with Crippen LogP contribution in [-0.2, 0) is 4.79 Å². The van der Waals surface area contributed by atoms with Gasteiger partial charge in [0.15, 0.2) is 5.78 Å². The Kier molecular flexibility index (Phi) is 4.14. The van der Waals surface area contributed by atoms with Gasteiger partial charge in [0.05, 0.1) is 9.85 Å². The predicted molar refractivity (Wildman–Crippen MR) is 91.2 cm³/mol. The van der Waals surface area contributed by atoms with E-state index in [2.05, 4.69) is 0 Å². The van der Waals surface area contributed by atoms with Crippen molar-refractivity contribution in [2.75, 3.05) is 0 Å². The maximum atomic E-state index is 12.3. The van der Waals surface area contributed by atoms with Crippen molar-refractivity contribution in [1.29, 1.82) is 0 Å². The Morgan fingerprint density at radius 1 is 0.960 bits per heavy atom. The first-order valence-corrected chi connectivity index (χ1v) is 7.61. The van der Waals surface area contributed by atoms with Crippen LogP contribution in [0.25, 0.3) is 5.57 Å². The first-order valence-electron chi connectivity index (χ1n) is 7.61. The van der Waals surface area contributed by atoms with Crippen molar-refractivity contribution in [3.63, 3.8) is 0 Å². The summed E-state index contributed by atoms with van der Waals surface area (Å²) >= 11 is 0. The normalized spacial score (nSPS) is 17.0. The summed E-state index contributed by atoms with van der Waals surface area (Å²) in [7, 11) is 0. The highest BCUT2D eigenvalue weighted by Gasteiger charge is 2.33. The third-order valence-corrected chi connectivity index (χ3v) is 4.41. The van der Waals surface area contributed by atoms with Crippen molar-refractivity contribution in [3.05, 3.63) is 85.5 Å². The molecule has 3 rings (SSSR count). The molecule has 1 aliphatic rings. The average molecular weight is 338 g/mol. The highest BCUT2D eigenvalue weighted by atomic mass is 16.6. The molecule has 0 unspecified atom stereocenters. The number of nitro groups is 2. The number of allylic oxidation sites excluding steroid dienone is 2. The molecule has 7 nitrogen and oxygen atoms in total. The van der Waals surface area contributed by atoms with Crippen LogP contribution in [0, 0.1) is 20.2 Å². The second kappa shape index (κ2) is 6.27. The lowest BCUT2D eigenvalue weighted by molar-refractivity contribution is -0.385. The lowest BCUT2D eigenvalue weighted by atomic mass is 9.87. The summed E-state index contributed by atoms with van der Waals surface area (Å²) in [4.78, 5) is 33.3. The molecular weight excluding hydrogens is 324 g/mol. The quantitative estimate of drug-likeness (QED) is 0.618. The standard InChI is InChI=1S/C18H14N2O5/c1-11-17(21)10-16(12-4-2-6-14(8-12)19(22)23)18(11)13-5-3-7-15(9-13)20(24)25/h2-9,16H,10H2,1H3/t16-/m0/s1. The van der Waals surface area contributed by atoms with Crippen molar-refractivity contribution in [3.8, 4) is 0 Å². The van der Waals surface area contributed by atoms with Gasteiger partial charge >= 0.3 is 0 Å². The first-order chi connectivity index (χ1) is 11.9. The van der Waals surface area contributed by atoms with Gasteiger partial charge in [0.25, 0.3) is 11.4 Å². The molecule has 0 N–H and O–H groups in total. The van der Waals surface area contributed by atoms with Crippen molar-refractivity contribution in [2.24, 2.45) is 0 Å². The number of carbonyl (C=O) groups excluding carboxylic acids is 1. The number of Topliss-reactive ketones (excluding diaryl/α,β-unsaturated/α-hetero) is 1. The van der Waals surface area contributed by atoms with Gasteiger partial charge in [-0.3, -0.25) is 25.0 Å². The maximum absolute atomic E-state index is 12.3. The van der Waals surface area contributed by atoms with Crippen LogP contribution in [0.4, 0.5) is 11.4 Å². The zero-order valence-corrected chi connectivity index (χ0v) is 13.3. The third kappa shape index (κ3) is 3.03. The van der Waals surface area contributed by atoms with Gasteiger partial charge in [0.1, 0.15) is 0 Å². The predicted octanol–water partition coefficient (Wildman–Crippen LogP) is 4.03. The monoisotopic (exact) mass is 338 g/mol. The van der Waals surface area contributed by atoms with E-state index in [0.29, 0.717) is 22.3 Å². The van der Waals surface area contributed by atoms with Gasteiger partial charge in [-0.1, -0.05) is 24.3 Å². The maximum Gasteiger partial charge on any atom is 0.270 e. The van der Waals surface area contributed by atoms with E-state index in [-0.39, 0.29) is 29.5 Å². The van der Waals surface area contributed by atoms with Gasteiger partial charge in [-0.2, -0.15) is 0 Å². The smallest absolute Gasteiger partial charge is 0.270 e. The number of nitrogens with zero attached hydrogens (tertiary/aromatic N) is 2. The third-order valence-electron chi connectivity index (χ3n) is 4.41. The van der Waals surface area contributed by atoms with Crippen LogP contribution in [0.5, 0.6) is 0 Å². The summed E-state index contributed by atoms with van der Waals surface area (Å²) in [5.74, 6) is -0.410. The summed E-state index contributed by atoms with van der Waals surface area (Å²) in [6.07, 6.45) is 0.199. The molecule has 0 aromatic heterocycles. The van der Waals surface area contributed by atoms with Crippen LogP contribution >= 0.6 is 0 Å². The molecule has 1 aliphatic carbocycles. The number of rotatable bonds is 4. The summed E-state index contributed by atoms with van der Waals surface area (Å²) in [6.45, 7) is 1.69. The van der Waals surface area contributed by atoms with E-state index in [1.54, 1.807) is 31.2 Å². The molecule has 0 radical (unpaired) electrons. The highest BCUT2D eigenvalue weighted by Crippen LogP contribution is 2.44. The SMILES string of the molecule is CC1=C(c2cccc([N+](=O)[O-])c2)[C@H](c2cccc([N+](=O)[O-])c2)CC1=O. The van der Waals surface area contributed by atoms with E-state index in [1.165, 1.54) is 24.3 Å². The lowest BCUT2D eigenvalue weighted by Gasteiger charge is -2.15. The van der Waals surface area contributed by atoms with Gasteiger partial charge in [-0.25, -0.2) is 0 Å². The Bertz CT molecular complexity index is 933. The first kappa shape index (κ1) is 16.5. The fourth-order valence-electron chi connectivity index (χ4n) is 3.20. The molecule has 7 heteroatoms. The molecule has 0 aliphatic heterocycles. The average Bonchev–Trinajstić information content (AvgIpc) is 2.90. The second-order valence-corrected chi connectivity index (χ2v) is 5.88. The number of benzene rings is 2. The van der Waals surface area contributed by atoms with Crippen molar-refractivity contribution in [2.45, 2.75) is 19.3 Å². The summed E-state index contributed by atoms with van der Waals surface area (Å²) in [6, 6.07) is 12.3. The number of hydrogen-bond donors (Lipinski definition) is 0. The zero-order valence-electron chi connectivity index (χ0n) is 13.3. The number of non-ortho nitro benzene ring substituents is 2. The van der Waals surface area contributed by atoms with Gasteiger partial charge in [0, 0.05) is 36.6 Å². The van der Waals surface area contributed by atoms with Crippen LogP contribution in [-0.4, -0.2) is 15.6 Å². The number of carbonyl (C=O) groups is 1. The molecule has 0 amide bonds. The fraction of sp³-hybridized carbons (Fsp3) is 0.167. The topological polar surface area (TPSA) is 103 Å². The van der Waals surface area contributed by atoms with Crippen LogP contribution in [0.1, 0.15) is 30.4 Å². The van der Waals surface area contributed by atoms with Crippen molar-refractivity contribution in [1.82, 2.24) is 0 Å². The van der Waals surface area contributed by atoms with Gasteiger partial charge < -0.3 is 0 Å². The minimum absolute atomic E-state index is 0.0482. The van der Waals surface area contributed by atoms with Gasteiger partial charge in [0.2, 0.25) is 0 Å². The molecule has 0 bridgehead atoms. The Morgan fingerprint density at radius 3 is 2.20 bits per heavy atom. The number of ketones is 1. The van der Waals surface area contributed by atoms with Crippen LogP contribution in [0.15, 0.2) is 54.1 Å². The number of hydrogen-bond acceptors (Lipinski definition) is 5. The molecule has 2 aromatic rings. The summed E-state index contributed by atoms with van der Waals surface area (Å²) < 4.78 is 0. The molecule has 126 valence electrons. The molecule has 0 fully saturated rings. The molecule has 0 saturated carbocycles. The van der Waals surface area contributed by atoms with E-state index < -0.39 is 9.85 Å². The fourth-order valence-corrected chi connectivity index (χ4v) is 3.20. The molecule has 25 heavy (non-hydrogen) atoms. The summed E-state index contributed by atoms with van der Waals surface area (Å²) in [5, 5.41) is 22.1. The summed E-state index contributed by atoms with van der Waals surface area (Å²) in [5.41, 5.74) is 2.36. The van der Waals surface area contributed by atoms with Crippen LogP contribution in [0.3, 0.4) is 0 Å². The Morgan fingerprint density at radius 2 is 1.56 bits per heavy atom. The van der Waals surface area contributed by atoms with Crippen LogP contribution in [0.2, 0.25) is 0 Å². The van der Waals surface area contributed by atoms with E-state index >= 15 is 0 Å². The van der Waals surface area contributed by atoms with Crippen LogP contribution < -0.4 is 0 Å². The second-order valence-electron chi connectivity index (χ2n) is 5.88. The van der Waals surface area contributed by atoms with Gasteiger partial charge in [-0.15, -0.1) is 0 Å². The minimum atomic E-state index is -0.488. The lowest BCUT2D eigenvalue weighted by Crippen LogP contribution is -2.01. The molecule has 1 atom stereocenters. The Labute approximate surface area is 142 Å². The number of nitro benzene ring substituents is 2. The molecule has 0 saturated heterocycles. The van der Waals surface area contributed by atoms with E-state index in [1.807, 2.05) is 0 Å². The minimum Gasteiger partial charge on any atom is -0.295 e. The molecule has 0 heterocycles. The van der Waals surface area contributed by atoms with E-state index in [9.17, 15) is 25.0 Å². The van der Waals surface area contributed by atoms with Crippen molar-refractivity contribution >= 4 is 22.7 Å². The molecule has 2 aromatic carbocycles. The molecular formula is C18H14N2O5.